The molecule has 1 aliphatic carbocycles. The first kappa shape index (κ1) is 10.3. The van der Waals surface area contributed by atoms with Crippen molar-refractivity contribution < 1.29 is 9.90 Å². The Morgan fingerprint density at radius 1 is 1.53 bits per heavy atom. The highest BCUT2D eigenvalue weighted by Gasteiger charge is 2.47. The number of carboxylic acid groups (broad SMARTS) is 1. The Labute approximate surface area is 98.9 Å². The molecule has 1 aromatic heterocycles. The number of benzene rings is 1. The van der Waals surface area contributed by atoms with Crippen molar-refractivity contribution in [3.05, 3.63) is 30.1 Å². The van der Waals surface area contributed by atoms with Crippen LogP contribution >= 0.6 is 0 Å². The average Bonchev–Trinajstić information content (AvgIpc) is 3.04. The molecule has 4 nitrogen and oxygen atoms in total. The van der Waals surface area contributed by atoms with Gasteiger partial charge in [-0.05, 0) is 25.5 Å². The molecule has 17 heavy (non-hydrogen) atoms. The predicted octanol–water partition coefficient (Wildman–Crippen LogP) is 2.24. The minimum Gasteiger partial charge on any atom is -0.481 e. The SMILES string of the molecule is CCn1c(C2CC2C(=O)O)nc2ccccc21. The smallest absolute Gasteiger partial charge is 0.307 e. The zero-order chi connectivity index (χ0) is 12.0. The minimum absolute atomic E-state index is 0.0971. The second kappa shape index (κ2) is 3.58. The number of carboxylic acids is 1. The Balaban J connectivity index is 2.08. The van der Waals surface area contributed by atoms with Gasteiger partial charge in [0.05, 0.1) is 17.0 Å². The van der Waals surface area contributed by atoms with Gasteiger partial charge >= 0.3 is 5.97 Å². The van der Waals surface area contributed by atoms with E-state index in [0.717, 1.165) is 29.8 Å². The van der Waals surface area contributed by atoms with Gasteiger partial charge in [-0.3, -0.25) is 4.79 Å². The number of rotatable bonds is 3. The number of carbonyl (C=O) groups is 1. The lowest BCUT2D eigenvalue weighted by atomic mass is 10.3. The van der Waals surface area contributed by atoms with Gasteiger partial charge in [-0.2, -0.15) is 0 Å². The van der Waals surface area contributed by atoms with Crippen LogP contribution in [0.15, 0.2) is 24.3 Å². The van der Waals surface area contributed by atoms with E-state index in [1.54, 1.807) is 0 Å². The maximum atomic E-state index is 10.9. The Bertz CT molecular complexity index is 588. The molecule has 0 radical (unpaired) electrons. The van der Waals surface area contributed by atoms with Gasteiger partial charge in [-0.1, -0.05) is 12.1 Å². The van der Waals surface area contributed by atoms with Crippen molar-refractivity contribution in [2.45, 2.75) is 25.8 Å². The highest BCUT2D eigenvalue weighted by Crippen LogP contribution is 2.47. The normalized spacial score (nSPS) is 22.9. The molecule has 2 unspecified atom stereocenters. The molecular weight excluding hydrogens is 216 g/mol. The van der Waals surface area contributed by atoms with E-state index in [0.29, 0.717) is 0 Å². The zero-order valence-corrected chi connectivity index (χ0v) is 9.63. The summed E-state index contributed by atoms with van der Waals surface area (Å²) in [5.41, 5.74) is 2.06. The molecule has 0 spiro atoms. The lowest BCUT2D eigenvalue weighted by Crippen LogP contribution is -2.04. The molecule has 1 aromatic carbocycles. The van der Waals surface area contributed by atoms with Crippen LogP contribution in [0.1, 0.15) is 25.1 Å². The average molecular weight is 230 g/mol. The number of imidazole rings is 1. The third-order valence-electron chi connectivity index (χ3n) is 3.44. The minimum atomic E-state index is -0.704. The quantitative estimate of drug-likeness (QED) is 0.879. The van der Waals surface area contributed by atoms with Crippen LogP contribution in [-0.2, 0) is 11.3 Å². The van der Waals surface area contributed by atoms with Crippen molar-refractivity contribution in [2.24, 2.45) is 5.92 Å². The molecule has 1 fully saturated rings. The number of para-hydroxylation sites is 2. The molecule has 0 saturated heterocycles. The summed E-state index contributed by atoms with van der Waals surface area (Å²) in [6.45, 7) is 2.90. The van der Waals surface area contributed by atoms with Crippen molar-refractivity contribution in [3.63, 3.8) is 0 Å². The van der Waals surface area contributed by atoms with Gasteiger partial charge in [0.1, 0.15) is 5.82 Å². The summed E-state index contributed by atoms with van der Waals surface area (Å²) in [4.78, 5) is 15.5. The summed E-state index contributed by atoms with van der Waals surface area (Å²) in [5.74, 6) is 0.0859. The standard InChI is InChI=1S/C13H14N2O2/c1-2-15-11-6-4-3-5-10(11)14-12(15)8-7-9(8)13(16)17/h3-6,8-9H,2,7H2,1H3,(H,16,17). The van der Waals surface area contributed by atoms with E-state index in [2.05, 4.69) is 16.5 Å². The molecule has 2 aromatic rings. The summed E-state index contributed by atoms with van der Waals surface area (Å²) in [6, 6.07) is 7.96. The van der Waals surface area contributed by atoms with Crippen molar-refractivity contribution in [2.75, 3.05) is 0 Å². The van der Waals surface area contributed by atoms with E-state index >= 15 is 0 Å². The molecule has 1 aliphatic rings. The Hall–Kier alpha value is -1.84. The number of aromatic nitrogens is 2. The van der Waals surface area contributed by atoms with Gasteiger partial charge in [0.2, 0.25) is 0 Å². The fraction of sp³-hybridized carbons (Fsp3) is 0.385. The Kier molecular flexibility index (Phi) is 2.18. The second-order valence-electron chi connectivity index (χ2n) is 4.49. The maximum absolute atomic E-state index is 10.9. The van der Waals surface area contributed by atoms with Crippen LogP contribution in [0.2, 0.25) is 0 Å². The van der Waals surface area contributed by atoms with Gasteiger partial charge in [0.15, 0.2) is 0 Å². The number of aliphatic carboxylic acids is 1. The molecule has 88 valence electrons. The number of hydrogen-bond acceptors (Lipinski definition) is 2. The molecule has 3 rings (SSSR count). The second-order valence-corrected chi connectivity index (χ2v) is 4.49. The first-order valence-electron chi connectivity index (χ1n) is 5.90. The van der Waals surface area contributed by atoms with Crippen molar-refractivity contribution in [3.8, 4) is 0 Å². The van der Waals surface area contributed by atoms with Crippen molar-refractivity contribution in [1.82, 2.24) is 9.55 Å². The van der Waals surface area contributed by atoms with E-state index in [1.165, 1.54) is 0 Å². The third-order valence-corrected chi connectivity index (χ3v) is 3.44. The molecule has 1 heterocycles. The van der Waals surface area contributed by atoms with Gasteiger partial charge in [-0.15, -0.1) is 0 Å². The van der Waals surface area contributed by atoms with Gasteiger partial charge < -0.3 is 9.67 Å². The lowest BCUT2D eigenvalue weighted by Gasteiger charge is -2.04. The van der Waals surface area contributed by atoms with Gasteiger partial charge in [0, 0.05) is 12.5 Å². The summed E-state index contributed by atoms with van der Waals surface area (Å²) in [5, 5.41) is 8.99. The van der Waals surface area contributed by atoms with Crippen LogP contribution in [0.25, 0.3) is 11.0 Å². The molecule has 0 bridgehead atoms. The van der Waals surface area contributed by atoms with Crippen LogP contribution in [0, 0.1) is 5.92 Å². The lowest BCUT2D eigenvalue weighted by molar-refractivity contribution is -0.138. The van der Waals surface area contributed by atoms with E-state index in [4.69, 9.17) is 5.11 Å². The third kappa shape index (κ3) is 1.52. The summed E-state index contributed by atoms with van der Waals surface area (Å²) in [7, 11) is 0. The van der Waals surface area contributed by atoms with E-state index in [9.17, 15) is 4.79 Å². The van der Waals surface area contributed by atoms with Crippen LogP contribution in [0.5, 0.6) is 0 Å². The Morgan fingerprint density at radius 2 is 2.29 bits per heavy atom. The van der Waals surface area contributed by atoms with Crippen LogP contribution in [0.4, 0.5) is 0 Å². The number of fused-ring (bicyclic) bond motifs is 1. The number of hydrogen-bond donors (Lipinski definition) is 1. The first-order chi connectivity index (χ1) is 8.22. The monoisotopic (exact) mass is 230 g/mol. The molecule has 1 saturated carbocycles. The molecular formula is C13H14N2O2. The van der Waals surface area contributed by atoms with Crippen molar-refractivity contribution in [1.29, 1.82) is 0 Å². The predicted molar refractivity (Wildman–Crippen MR) is 63.9 cm³/mol. The zero-order valence-electron chi connectivity index (χ0n) is 9.63. The molecule has 4 heteroatoms. The maximum Gasteiger partial charge on any atom is 0.307 e. The van der Waals surface area contributed by atoms with E-state index < -0.39 is 5.97 Å². The largest absolute Gasteiger partial charge is 0.481 e. The molecule has 1 N–H and O–H groups in total. The molecule has 0 aliphatic heterocycles. The molecule has 0 amide bonds. The summed E-state index contributed by atoms with van der Waals surface area (Å²) < 4.78 is 2.13. The number of aryl methyl sites for hydroxylation is 1. The van der Waals surface area contributed by atoms with Crippen LogP contribution in [0.3, 0.4) is 0 Å². The van der Waals surface area contributed by atoms with E-state index in [1.807, 2.05) is 24.3 Å². The molecule has 2 atom stereocenters. The fourth-order valence-electron chi connectivity index (χ4n) is 2.46. The van der Waals surface area contributed by atoms with Gasteiger partial charge in [0.25, 0.3) is 0 Å². The van der Waals surface area contributed by atoms with Crippen LogP contribution < -0.4 is 0 Å². The topological polar surface area (TPSA) is 55.1 Å². The van der Waals surface area contributed by atoms with Gasteiger partial charge in [-0.25, -0.2) is 4.98 Å². The van der Waals surface area contributed by atoms with Crippen LogP contribution in [-0.4, -0.2) is 20.6 Å². The van der Waals surface area contributed by atoms with Crippen molar-refractivity contribution >= 4 is 17.0 Å². The highest BCUT2D eigenvalue weighted by atomic mass is 16.4. The highest BCUT2D eigenvalue weighted by molar-refractivity contribution is 5.78. The summed E-state index contributed by atoms with van der Waals surface area (Å²) in [6.07, 6.45) is 0.721. The van der Waals surface area contributed by atoms with E-state index in [-0.39, 0.29) is 11.8 Å². The number of nitrogens with zero attached hydrogens (tertiary/aromatic N) is 2. The first-order valence-corrected chi connectivity index (χ1v) is 5.90. The fourth-order valence-corrected chi connectivity index (χ4v) is 2.46. The summed E-state index contributed by atoms with van der Waals surface area (Å²) >= 11 is 0. The Morgan fingerprint density at radius 3 is 2.94 bits per heavy atom.